The van der Waals surface area contributed by atoms with Gasteiger partial charge in [0.25, 0.3) is 0 Å². The lowest BCUT2D eigenvalue weighted by molar-refractivity contribution is -0.115. The maximum Gasteiger partial charge on any atom is 0.248 e. The van der Waals surface area contributed by atoms with Crippen LogP contribution in [0.1, 0.15) is 58.9 Å². The van der Waals surface area contributed by atoms with Gasteiger partial charge in [-0.3, -0.25) is 14.4 Å². The van der Waals surface area contributed by atoms with Crippen LogP contribution in [0.2, 0.25) is 0 Å². The van der Waals surface area contributed by atoms with Gasteiger partial charge in [0.1, 0.15) is 0 Å². The van der Waals surface area contributed by atoms with Gasteiger partial charge in [-0.05, 0) is 53.3 Å². The average Bonchev–Trinajstić information content (AvgIpc) is 2.94. The molecule has 0 aromatic heterocycles. The molecule has 4 aromatic carbocycles. The number of rotatable bonds is 8. The van der Waals surface area contributed by atoms with Crippen molar-refractivity contribution in [3.8, 4) is 0 Å². The second kappa shape index (κ2) is 12.4. The van der Waals surface area contributed by atoms with Gasteiger partial charge in [0.05, 0.1) is 12.1 Å². The predicted octanol–water partition coefficient (Wildman–Crippen LogP) is 7.36. The standard InChI is InChI=1S/C35H34N2O3/c1-24-10-12-26(13-11-24)22-33(39)37-31-20-19-29(23-30(31)34(40)27-8-6-5-7-9-27)36-32(38)21-16-25-14-17-28(18-15-25)35(2,3)4/h5-21,23H,22H2,1-4H3,(H,36,38)(H,37,39)/b21-16+. The van der Waals surface area contributed by atoms with Crippen LogP contribution in [0.25, 0.3) is 6.08 Å². The van der Waals surface area contributed by atoms with Crippen molar-refractivity contribution in [2.24, 2.45) is 0 Å². The smallest absolute Gasteiger partial charge is 0.248 e. The zero-order chi connectivity index (χ0) is 28.7. The van der Waals surface area contributed by atoms with E-state index in [4.69, 9.17) is 0 Å². The second-order valence-electron chi connectivity index (χ2n) is 10.9. The Bertz CT molecular complexity index is 1530. The second-order valence-corrected chi connectivity index (χ2v) is 10.9. The van der Waals surface area contributed by atoms with Gasteiger partial charge in [-0.15, -0.1) is 0 Å². The number of carbonyl (C=O) groups is 3. The minimum Gasteiger partial charge on any atom is -0.325 e. The fraction of sp³-hybridized carbons (Fsp3) is 0.171. The van der Waals surface area contributed by atoms with E-state index in [1.54, 1.807) is 48.5 Å². The summed E-state index contributed by atoms with van der Waals surface area (Å²) in [6, 6.07) is 29.6. The molecule has 2 amide bonds. The Hall–Kier alpha value is -4.77. The first-order chi connectivity index (χ1) is 19.1. The zero-order valence-corrected chi connectivity index (χ0v) is 23.3. The number of ketones is 1. The van der Waals surface area contributed by atoms with Gasteiger partial charge >= 0.3 is 0 Å². The predicted molar refractivity (Wildman–Crippen MR) is 163 cm³/mol. The molecule has 202 valence electrons. The summed E-state index contributed by atoms with van der Waals surface area (Å²) in [4.78, 5) is 38.9. The molecule has 0 fully saturated rings. The molecule has 0 bridgehead atoms. The molecule has 5 nitrogen and oxygen atoms in total. The van der Waals surface area contributed by atoms with E-state index in [-0.39, 0.29) is 29.4 Å². The third kappa shape index (κ3) is 7.64. The van der Waals surface area contributed by atoms with Gasteiger partial charge in [0.15, 0.2) is 5.78 Å². The molecule has 0 spiro atoms. The van der Waals surface area contributed by atoms with Crippen LogP contribution < -0.4 is 10.6 Å². The fourth-order valence-corrected chi connectivity index (χ4v) is 4.20. The number of hydrogen-bond donors (Lipinski definition) is 2. The first-order valence-electron chi connectivity index (χ1n) is 13.3. The van der Waals surface area contributed by atoms with Gasteiger partial charge in [-0.1, -0.05) is 105 Å². The van der Waals surface area contributed by atoms with E-state index in [0.29, 0.717) is 22.5 Å². The van der Waals surface area contributed by atoms with E-state index >= 15 is 0 Å². The number of carbonyl (C=O) groups excluding carboxylic acids is 3. The topological polar surface area (TPSA) is 75.3 Å². The SMILES string of the molecule is Cc1ccc(CC(=O)Nc2ccc(NC(=O)/C=C/c3ccc(C(C)(C)C)cc3)cc2C(=O)c2ccccc2)cc1. The molecule has 0 aliphatic heterocycles. The fourth-order valence-electron chi connectivity index (χ4n) is 4.20. The number of nitrogens with one attached hydrogen (secondary N) is 2. The molecule has 0 heterocycles. The van der Waals surface area contributed by atoms with Gasteiger partial charge in [-0.2, -0.15) is 0 Å². The highest BCUT2D eigenvalue weighted by Crippen LogP contribution is 2.25. The van der Waals surface area contributed by atoms with Crippen molar-refractivity contribution in [2.75, 3.05) is 10.6 Å². The summed E-state index contributed by atoms with van der Waals surface area (Å²) < 4.78 is 0. The normalized spacial score (nSPS) is 11.3. The quantitative estimate of drug-likeness (QED) is 0.185. The van der Waals surface area contributed by atoms with Crippen LogP contribution >= 0.6 is 0 Å². The van der Waals surface area contributed by atoms with Crippen molar-refractivity contribution >= 4 is 35.0 Å². The monoisotopic (exact) mass is 530 g/mol. The van der Waals surface area contributed by atoms with E-state index in [1.807, 2.05) is 49.4 Å². The zero-order valence-electron chi connectivity index (χ0n) is 23.3. The first-order valence-corrected chi connectivity index (χ1v) is 13.3. The summed E-state index contributed by atoms with van der Waals surface area (Å²) in [7, 11) is 0. The van der Waals surface area contributed by atoms with Crippen LogP contribution in [0.15, 0.2) is 103 Å². The molecule has 4 aromatic rings. The molecule has 0 atom stereocenters. The van der Waals surface area contributed by atoms with Crippen LogP contribution in [-0.4, -0.2) is 17.6 Å². The molecular formula is C35H34N2O3. The van der Waals surface area contributed by atoms with Gasteiger partial charge in [-0.25, -0.2) is 0 Å². The first kappa shape index (κ1) is 28.2. The Morgan fingerprint density at radius 1 is 0.775 bits per heavy atom. The Kier molecular flexibility index (Phi) is 8.75. The molecule has 2 N–H and O–H groups in total. The number of amides is 2. The van der Waals surface area contributed by atoms with E-state index in [9.17, 15) is 14.4 Å². The summed E-state index contributed by atoms with van der Waals surface area (Å²) in [5.41, 5.74) is 5.80. The Balaban J connectivity index is 1.52. The third-order valence-corrected chi connectivity index (χ3v) is 6.53. The van der Waals surface area contributed by atoms with Crippen molar-refractivity contribution in [3.63, 3.8) is 0 Å². The van der Waals surface area contributed by atoms with Crippen molar-refractivity contribution in [1.29, 1.82) is 0 Å². The molecule has 0 saturated heterocycles. The molecule has 0 unspecified atom stereocenters. The Morgan fingerprint density at radius 2 is 1.45 bits per heavy atom. The molecule has 4 rings (SSSR count). The number of aryl methyl sites for hydroxylation is 1. The molecular weight excluding hydrogens is 496 g/mol. The number of anilines is 2. The molecule has 40 heavy (non-hydrogen) atoms. The van der Waals surface area contributed by atoms with Gasteiger partial charge < -0.3 is 10.6 Å². The lowest BCUT2D eigenvalue weighted by Crippen LogP contribution is -2.18. The van der Waals surface area contributed by atoms with E-state index in [0.717, 1.165) is 16.7 Å². The van der Waals surface area contributed by atoms with E-state index in [1.165, 1.54) is 11.6 Å². The van der Waals surface area contributed by atoms with Crippen molar-refractivity contribution in [2.45, 2.75) is 39.5 Å². The number of hydrogen-bond acceptors (Lipinski definition) is 3. The van der Waals surface area contributed by atoms with Gasteiger partial charge in [0.2, 0.25) is 11.8 Å². The lowest BCUT2D eigenvalue weighted by Gasteiger charge is -2.18. The summed E-state index contributed by atoms with van der Waals surface area (Å²) in [6.07, 6.45) is 3.39. The maximum absolute atomic E-state index is 13.4. The Labute approximate surface area is 236 Å². The van der Waals surface area contributed by atoms with Crippen molar-refractivity contribution in [3.05, 3.63) is 137 Å². The van der Waals surface area contributed by atoms with Crippen LogP contribution in [0.4, 0.5) is 11.4 Å². The summed E-state index contributed by atoms with van der Waals surface area (Å²) in [5.74, 6) is -0.811. The van der Waals surface area contributed by atoms with Crippen LogP contribution in [-0.2, 0) is 21.4 Å². The summed E-state index contributed by atoms with van der Waals surface area (Å²) in [5, 5.41) is 5.71. The highest BCUT2D eigenvalue weighted by atomic mass is 16.2. The van der Waals surface area contributed by atoms with E-state index < -0.39 is 0 Å². The maximum atomic E-state index is 13.4. The lowest BCUT2D eigenvalue weighted by atomic mass is 9.87. The summed E-state index contributed by atoms with van der Waals surface area (Å²) in [6.45, 7) is 8.46. The summed E-state index contributed by atoms with van der Waals surface area (Å²) >= 11 is 0. The largest absolute Gasteiger partial charge is 0.325 e. The van der Waals surface area contributed by atoms with Crippen LogP contribution in [0.5, 0.6) is 0 Å². The molecule has 0 aliphatic rings. The van der Waals surface area contributed by atoms with Crippen molar-refractivity contribution in [1.82, 2.24) is 0 Å². The third-order valence-electron chi connectivity index (χ3n) is 6.53. The van der Waals surface area contributed by atoms with Crippen LogP contribution in [0.3, 0.4) is 0 Å². The minimum absolute atomic E-state index is 0.0564. The minimum atomic E-state index is -0.325. The average molecular weight is 531 g/mol. The van der Waals surface area contributed by atoms with E-state index in [2.05, 4.69) is 43.5 Å². The highest BCUT2D eigenvalue weighted by Gasteiger charge is 2.17. The highest BCUT2D eigenvalue weighted by molar-refractivity contribution is 6.15. The van der Waals surface area contributed by atoms with Crippen LogP contribution in [0, 0.1) is 6.92 Å². The van der Waals surface area contributed by atoms with Crippen molar-refractivity contribution < 1.29 is 14.4 Å². The number of benzene rings is 4. The molecule has 0 aliphatic carbocycles. The molecule has 5 heteroatoms. The van der Waals surface area contributed by atoms with Gasteiger partial charge in [0, 0.05) is 22.9 Å². The molecule has 0 saturated carbocycles. The molecule has 0 radical (unpaired) electrons. The Morgan fingerprint density at radius 3 is 2.10 bits per heavy atom.